The molecular formula is C19H18N6O2S. The molecule has 4 rings (SSSR count). The molecule has 0 unspecified atom stereocenters. The average molecular weight is 394 g/mol. The Morgan fingerprint density at radius 2 is 2.04 bits per heavy atom. The van der Waals surface area contributed by atoms with Crippen LogP contribution in [0.4, 0.5) is 4.79 Å². The van der Waals surface area contributed by atoms with E-state index in [2.05, 4.69) is 25.9 Å². The number of hydrogen-bond donors (Lipinski definition) is 2. The fourth-order valence-corrected chi connectivity index (χ4v) is 3.34. The van der Waals surface area contributed by atoms with Crippen LogP contribution in [-0.4, -0.2) is 33.0 Å². The van der Waals surface area contributed by atoms with Gasteiger partial charge in [0.25, 0.3) is 0 Å². The van der Waals surface area contributed by atoms with Gasteiger partial charge < -0.3 is 15.4 Å². The molecule has 0 saturated carbocycles. The highest BCUT2D eigenvalue weighted by Crippen LogP contribution is 2.20. The van der Waals surface area contributed by atoms with Crippen molar-refractivity contribution in [1.29, 1.82) is 0 Å². The highest BCUT2D eigenvalue weighted by atomic mass is 32.1. The van der Waals surface area contributed by atoms with E-state index in [0.29, 0.717) is 18.0 Å². The Labute approximate surface area is 165 Å². The number of benzene rings is 1. The van der Waals surface area contributed by atoms with Gasteiger partial charge in [0.05, 0.1) is 19.3 Å². The fourth-order valence-electron chi connectivity index (χ4n) is 2.69. The van der Waals surface area contributed by atoms with Gasteiger partial charge in [-0.1, -0.05) is 12.1 Å². The SMILES string of the molecule is COc1cccc(CNC(=O)NCc2nnc3ccc(-c4ccsc4)nn23)c1. The third kappa shape index (κ3) is 3.94. The van der Waals surface area contributed by atoms with E-state index >= 15 is 0 Å². The van der Waals surface area contributed by atoms with Crippen molar-refractivity contribution in [1.82, 2.24) is 30.4 Å². The van der Waals surface area contributed by atoms with Crippen molar-refractivity contribution >= 4 is 23.0 Å². The van der Waals surface area contributed by atoms with Gasteiger partial charge in [0.1, 0.15) is 5.75 Å². The molecule has 3 aromatic heterocycles. The van der Waals surface area contributed by atoms with E-state index < -0.39 is 0 Å². The number of carbonyl (C=O) groups excluding carboxylic acids is 1. The van der Waals surface area contributed by atoms with Crippen LogP contribution in [0.1, 0.15) is 11.4 Å². The van der Waals surface area contributed by atoms with Crippen LogP contribution in [0.2, 0.25) is 0 Å². The van der Waals surface area contributed by atoms with Gasteiger partial charge in [-0.3, -0.25) is 0 Å². The molecule has 4 aromatic rings. The number of ether oxygens (including phenoxy) is 1. The second-order valence-electron chi connectivity index (χ2n) is 6.00. The Hall–Kier alpha value is -3.46. The molecule has 28 heavy (non-hydrogen) atoms. The molecule has 2 N–H and O–H groups in total. The lowest BCUT2D eigenvalue weighted by molar-refractivity contribution is 0.239. The van der Waals surface area contributed by atoms with E-state index in [9.17, 15) is 4.79 Å². The summed E-state index contributed by atoms with van der Waals surface area (Å²) in [5, 5.41) is 22.4. The summed E-state index contributed by atoms with van der Waals surface area (Å²) in [5.74, 6) is 1.31. The van der Waals surface area contributed by atoms with Gasteiger partial charge in [0.2, 0.25) is 0 Å². The zero-order valence-corrected chi connectivity index (χ0v) is 15.9. The predicted molar refractivity (Wildman–Crippen MR) is 106 cm³/mol. The Kier molecular flexibility index (Phi) is 5.16. The fraction of sp³-hybridized carbons (Fsp3) is 0.158. The molecule has 0 atom stereocenters. The molecular weight excluding hydrogens is 376 g/mol. The summed E-state index contributed by atoms with van der Waals surface area (Å²) < 4.78 is 6.83. The third-order valence-corrected chi connectivity index (χ3v) is 4.82. The number of nitrogens with zero attached hydrogens (tertiary/aromatic N) is 4. The van der Waals surface area contributed by atoms with E-state index in [-0.39, 0.29) is 12.6 Å². The van der Waals surface area contributed by atoms with Gasteiger partial charge >= 0.3 is 6.03 Å². The van der Waals surface area contributed by atoms with Crippen molar-refractivity contribution in [2.75, 3.05) is 7.11 Å². The minimum atomic E-state index is -0.298. The summed E-state index contributed by atoms with van der Waals surface area (Å²) in [5.41, 5.74) is 3.45. The zero-order chi connectivity index (χ0) is 19.3. The molecule has 0 spiro atoms. The number of carbonyl (C=O) groups is 1. The molecule has 0 fully saturated rings. The van der Waals surface area contributed by atoms with Crippen LogP contribution in [0.5, 0.6) is 5.75 Å². The first kappa shape index (κ1) is 17.9. The Bertz CT molecular complexity index is 1090. The molecule has 1 aromatic carbocycles. The van der Waals surface area contributed by atoms with Gasteiger partial charge in [-0.15, -0.1) is 10.2 Å². The molecule has 2 amide bonds. The minimum absolute atomic E-state index is 0.213. The number of thiophene rings is 1. The predicted octanol–water partition coefficient (Wildman–Crippen LogP) is 2.86. The molecule has 142 valence electrons. The van der Waals surface area contributed by atoms with Crippen molar-refractivity contribution in [2.24, 2.45) is 0 Å². The van der Waals surface area contributed by atoms with Gasteiger partial charge in [0, 0.05) is 17.5 Å². The summed E-state index contributed by atoms with van der Waals surface area (Å²) in [6.45, 7) is 0.607. The first-order valence-corrected chi connectivity index (χ1v) is 9.56. The second kappa shape index (κ2) is 8.05. The maximum Gasteiger partial charge on any atom is 0.315 e. The minimum Gasteiger partial charge on any atom is -0.497 e. The summed E-state index contributed by atoms with van der Waals surface area (Å²) in [6, 6.07) is 13.0. The number of hydrogen-bond acceptors (Lipinski definition) is 6. The van der Waals surface area contributed by atoms with Gasteiger partial charge in [-0.25, -0.2) is 4.79 Å². The quantitative estimate of drug-likeness (QED) is 0.525. The van der Waals surface area contributed by atoms with Crippen molar-refractivity contribution in [3.05, 3.63) is 64.6 Å². The normalized spacial score (nSPS) is 10.8. The Morgan fingerprint density at radius 3 is 2.86 bits per heavy atom. The topological polar surface area (TPSA) is 93.4 Å². The molecule has 0 saturated heterocycles. The highest BCUT2D eigenvalue weighted by Gasteiger charge is 2.10. The van der Waals surface area contributed by atoms with E-state index in [1.807, 2.05) is 53.2 Å². The Morgan fingerprint density at radius 1 is 1.14 bits per heavy atom. The number of urea groups is 1. The zero-order valence-electron chi connectivity index (χ0n) is 15.1. The molecule has 8 nitrogen and oxygen atoms in total. The lowest BCUT2D eigenvalue weighted by Gasteiger charge is -2.08. The lowest BCUT2D eigenvalue weighted by Crippen LogP contribution is -2.35. The molecule has 3 heterocycles. The molecule has 9 heteroatoms. The largest absolute Gasteiger partial charge is 0.497 e. The maximum atomic E-state index is 12.1. The third-order valence-electron chi connectivity index (χ3n) is 4.14. The highest BCUT2D eigenvalue weighted by molar-refractivity contribution is 7.08. The summed E-state index contributed by atoms with van der Waals surface area (Å²) >= 11 is 1.61. The number of amides is 2. The number of fused-ring (bicyclic) bond motifs is 1. The monoisotopic (exact) mass is 394 g/mol. The maximum absolute atomic E-state index is 12.1. The van der Waals surface area contributed by atoms with E-state index in [0.717, 1.165) is 22.6 Å². The summed E-state index contributed by atoms with van der Waals surface area (Å²) in [6.07, 6.45) is 0. The number of nitrogens with one attached hydrogen (secondary N) is 2. The van der Waals surface area contributed by atoms with Crippen LogP contribution in [0.3, 0.4) is 0 Å². The standard InChI is InChI=1S/C19H18N6O2S/c1-27-15-4-2-3-13(9-15)10-20-19(26)21-11-18-23-22-17-6-5-16(24-25(17)18)14-7-8-28-12-14/h2-9,12H,10-11H2,1H3,(H2,20,21,26). The van der Waals surface area contributed by atoms with Crippen LogP contribution in [0.15, 0.2) is 53.2 Å². The van der Waals surface area contributed by atoms with E-state index in [4.69, 9.17) is 4.74 Å². The Balaban J connectivity index is 1.39. The van der Waals surface area contributed by atoms with Gasteiger partial charge in [0.15, 0.2) is 11.5 Å². The van der Waals surface area contributed by atoms with Crippen LogP contribution >= 0.6 is 11.3 Å². The van der Waals surface area contributed by atoms with Crippen LogP contribution in [-0.2, 0) is 13.1 Å². The smallest absolute Gasteiger partial charge is 0.315 e. The summed E-state index contributed by atoms with van der Waals surface area (Å²) in [7, 11) is 1.61. The molecule has 0 aliphatic rings. The first-order valence-electron chi connectivity index (χ1n) is 8.61. The van der Waals surface area contributed by atoms with E-state index in [1.54, 1.807) is 23.0 Å². The lowest BCUT2D eigenvalue weighted by atomic mass is 10.2. The molecule has 0 radical (unpaired) electrons. The van der Waals surface area contributed by atoms with Crippen molar-refractivity contribution in [3.8, 4) is 17.0 Å². The number of aromatic nitrogens is 4. The van der Waals surface area contributed by atoms with Crippen molar-refractivity contribution < 1.29 is 9.53 Å². The van der Waals surface area contributed by atoms with E-state index in [1.165, 1.54) is 0 Å². The van der Waals surface area contributed by atoms with Crippen LogP contribution < -0.4 is 15.4 Å². The van der Waals surface area contributed by atoms with Gasteiger partial charge in [-0.05, 0) is 41.3 Å². The van der Waals surface area contributed by atoms with Crippen molar-refractivity contribution in [2.45, 2.75) is 13.1 Å². The second-order valence-corrected chi connectivity index (χ2v) is 6.78. The molecule has 0 bridgehead atoms. The number of methoxy groups -OCH3 is 1. The first-order chi connectivity index (χ1) is 13.7. The van der Waals surface area contributed by atoms with Crippen molar-refractivity contribution in [3.63, 3.8) is 0 Å². The summed E-state index contributed by atoms with van der Waals surface area (Å²) in [4.78, 5) is 12.1. The van der Waals surface area contributed by atoms with Gasteiger partial charge in [-0.2, -0.15) is 21.0 Å². The molecule has 0 aliphatic carbocycles. The molecule has 0 aliphatic heterocycles. The van der Waals surface area contributed by atoms with Crippen LogP contribution in [0, 0.1) is 0 Å². The number of rotatable bonds is 6. The van der Waals surface area contributed by atoms with Crippen LogP contribution in [0.25, 0.3) is 16.9 Å². The average Bonchev–Trinajstić information content (AvgIpc) is 3.40.